The SMILES string of the molecule is CN(CC1CCNC1)c1ccc(Cl)nn1. The van der Waals surface area contributed by atoms with E-state index >= 15 is 0 Å². The van der Waals surface area contributed by atoms with E-state index in [4.69, 9.17) is 11.6 Å². The van der Waals surface area contributed by atoms with Crippen LogP contribution in [0, 0.1) is 5.92 Å². The zero-order chi connectivity index (χ0) is 10.7. The lowest BCUT2D eigenvalue weighted by atomic mass is 10.1. The van der Waals surface area contributed by atoms with E-state index in [0.29, 0.717) is 11.1 Å². The number of aromatic nitrogens is 2. The Morgan fingerprint density at radius 3 is 3.00 bits per heavy atom. The molecule has 0 bridgehead atoms. The topological polar surface area (TPSA) is 41.0 Å². The lowest BCUT2D eigenvalue weighted by Gasteiger charge is -2.20. The zero-order valence-electron chi connectivity index (χ0n) is 8.78. The summed E-state index contributed by atoms with van der Waals surface area (Å²) in [7, 11) is 2.04. The first-order chi connectivity index (χ1) is 7.25. The van der Waals surface area contributed by atoms with Crippen molar-refractivity contribution in [3.8, 4) is 0 Å². The third-order valence-corrected chi connectivity index (χ3v) is 2.91. The molecule has 4 nitrogen and oxygen atoms in total. The van der Waals surface area contributed by atoms with Crippen molar-refractivity contribution in [2.75, 3.05) is 31.6 Å². The molecule has 1 saturated heterocycles. The summed E-state index contributed by atoms with van der Waals surface area (Å²) in [5.41, 5.74) is 0. The van der Waals surface area contributed by atoms with Gasteiger partial charge < -0.3 is 10.2 Å². The smallest absolute Gasteiger partial charge is 0.151 e. The fourth-order valence-corrected chi connectivity index (χ4v) is 1.96. The van der Waals surface area contributed by atoms with Gasteiger partial charge in [0.15, 0.2) is 11.0 Å². The van der Waals surface area contributed by atoms with Crippen LogP contribution in [0.2, 0.25) is 5.15 Å². The molecule has 0 aliphatic carbocycles. The Morgan fingerprint density at radius 1 is 1.53 bits per heavy atom. The van der Waals surface area contributed by atoms with E-state index in [1.54, 1.807) is 6.07 Å². The number of anilines is 1. The van der Waals surface area contributed by atoms with Crippen molar-refractivity contribution in [1.82, 2.24) is 15.5 Å². The predicted molar refractivity (Wildman–Crippen MR) is 61.3 cm³/mol. The first kappa shape index (κ1) is 10.6. The lowest BCUT2D eigenvalue weighted by Crippen LogP contribution is -2.27. The molecule has 15 heavy (non-hydrogen) atoms. The van der Waals surface area contributed by atoms with Gasteiger partial charge in [-0.1, -0.05) is 11.6 Å². The second-order valence-electron chi connectivity index (χ2n) is 3.95. The minimum Gasteiger partial charge on any atom is -0.358 e. The molecule has 1 N–H and O–H groups in total. The summed E-state index contributed by atoms with van der Waals surface area (Å²) in [4.78, 5) is 2.13. The van der Waals surface area contributed by atoms with Crippen LogP contribution >= 0.6 is 11.6 Å². The molecular weight excluding hydrogens is 212 g/mol. The molecule has 1 aliphatic heterocycles. The molecule has 1 aromatic heterocycles. The summed E-state index contributed by atoms with van der Waals surface area (Å²) in [6, 6.07) is 3.67. The summed E-state index contributed by atoms with van der Waals surface area (Å²) in [6.07, 6.45) is 1.24. The molecule has 1 atom stereocenters. The number of nitrogens with zero attached hydrogens (tertiary/aromatic N) is 3. The number of hydrogen-bond donors (Lipinski definition) is 1. The number of nitrogens with one attached hydrogen (secondary N) is 1. The molecule has 0 radical (unpaired) electrons. The Morgan fingerprint density at radius 2 is 2.40 bits per heavy atom. The van der Waals surface area contributed by atoms with Gasteiger partial charge in [-0.05, 0) is 37.6 Å². The average molecular weight is 227 g/mol. The van der Waals surface area contributed by atoms with Gasteiger partial charge in [0.25, 0.3) is 0 Å². The van der Waals surface area contributed by atoms with Crippen molar-refractivity contribution in [3.63, 3.8) is 0 Å². The highest BCUT2D eigenvalue weighted by Crippen LogP contribution is 2.14. The third kappa shape index (κ3) is 2.79. The summed E-state index contributed by atoms with van der Waals surface area (Å²) < 4.78 is 0. The second-order valence-corrected chi connectivity index (χ2v) is 4.34. The molecule has 1 fully saturated rings. The fraction of sp³-hybridized carbons (Fsp3) is 0.600. The summed E-state index contributed by atoms with van der Waals surface area (Å²) in [5.74, 6) is 1.60. The minimum absolute atomic E-state index is 0.440. The molecule has 0 spiro atoms. The van der Waals surface area contributed by atoms with E-state index in [9.17, 15) is 0 Å². The van der Waals surface area contributed by atoms with Gasteiger partial charge >= 0.3 is 0 Å². The number of hydrogen-bond acceptors (Lipinski definition) is 4. The normalized spacial score (nSPS) is 20.5. The summed E-state index contributed by atoms with van der Waals surface area (Å²) in [5, 5.41) is 11.7. The Balaban J connectivity index is 1.94. The maximum absolute atomic E-state index is 5.68. The quantitative estimate of drug-likeness (QED) is 0.841. The van der Waals surface area contributed by atoms with Crippen molar-refractivity contribution in [2.45, 2.75) is 6.42 Å². The highest BCUT2D eigenvalue weighted by Gasteiger charge is 2.17. The van der Waals surface area contributed by atoms with Crippen LogP contribution in [-0.4, -0.2) is 36.9 Å². The highest BCUT2D eigenvalue weighted by atomic mass is 35.5. The van der Waals surface area contributed by atoms with Gasteiger partial charge in [-0.15, -0.1) is 10.2 Å². The van der Waals surface area contributed by atoms with Gasteiger partial charge in [-0.2, -0.15) is 0 Å². The van der Waals surface area contributed by atoms with Crippen LogP contribution in [0.15, 0.2) is 12.1 Å². The van der Waals surface area contributed by atoms with Crippen molar-refractivity contribution in [1.29, 1.82) is 0 Å². The van der Waals surface area contributed by atoms with E-state index in [-0.39, 0.29) is 0 Å². The molecule has 1 aromatic rings. The molecule has 0 saturated carbocycles. The molecule has 82 valence electrons. The van der Waals surface area contributed by atoms with Crippen LogP contribution in [0.3, 0.4) is 0 Å². The van der Waals surface area contributed by atoms with Crippen molar-refractivity contribution >= 4 is 17.4 Å². The Hall–Kier alpha value is -0.870. The van der Waals surface area contributed by atoms with E-state index < -0.39 is 0 Å². The van der Waals surface area contributed by atoms with Gasteiger partial charge in [0.2, 0.25) is 0 Å². The number of halogens is 1. The monoisotopic (exact) mass is 226 g/mol. The van der Waals surface area contributed by atoms with Crippen LogP contribution in [0.5, 0.6) is 0 Å². The molecule has 5 heteroatoms. The Bertz CT molecular complexity index is 308. The first-order valence-electron chi connectivity index (χ1n) is 5.17. The molecular formula is C10H15ClN4. The second kappa shape index (κ2) is 4.77. The molecule has 2 rings (SSSR count). The number of rotatable bonds is 3. The van der Waals surface area contributed by atoms with Crippen LogP contribution in [0.4, 0.5) is 5.82 Å². The maximum Gasteiger partial charge on any atom is 0.151 e. The minimum atomic E-state index is 0.440. The molecule has 0 amide bonds. The van der Waals surface area contributed by atoms with Crippen LogP contribution in [-0.2, 0) is 0 Å². The van der Waals surface area contributed by atoms with Gasteiger partial charge in [0, 0.05) is 13.6 Å². The van der Waals surface area contributed by atoms with Gasteiger partial charge in [0.1, 0.15) is 0 Å². The van der Waals surface area contributed by atoms with E-state index in [1.165, 1.54) is 6.42 Å². The summed E-state index contributed by atoms with van der Waals surface area (Å²) >= 11 is 5.68. The fourth-order valence-electron chi connectivity index (χ4n) is 1.86. The Kier molecular flexibility index (Phi) is 3.38. The van der Waals surface area contributed by atoms with Crippen LogP contribution < -0.4 is 10.2 Å². The molecule has 0 aromatic carbocycles. The van der Waals surface area contributed by atoms with E-state index in [0.717, 1.165) is 25.5 Å². The highest BCUT2D eigenvalue weighted by molar-refractivity contribution is 6.29. The van der Waals surface area contributed by atoms with Crippen LogP contribution in [0.25, 0.3) is 0 Å². The van der Waals surface area contributed by atoms with Crippen LogP contribution in [0.1, 0.15) is 6.42 Å². The van der Waals surface area contributed by atoms with Crippen molar-refractivity contribution in [3.05, 3.63) is 17.3 Å². The molecule has 2 heterocycles. The predicted octanol–water partition coefficient (Wildman–Crippen LogP) is 1.18. The standard InChI is InChI=1S/C10H15ClN4/c1-15(7-8-4-5-12-6-8)10-3-2-9(11)13-14-10/h2-3,8,12H,4-7H2,1H3. The van der Waals surface area contributed by atoms with Gasteiger partial charge in [0.05, 0.1) is 0 Å². The first-order valence-corrected chi connectivity index (χ1v) is 5.54. The van der Waals surface area contributed by atoms with Crippen molar-refractivity contribution < 1.29 is 0 Å². The maximum atomic E-state index is 5.68. The zero-order valence-corrected chi connectivity index (χ0v) is 9.54. The lowest BCUT2D eigenvalue weighted by molar-refractivity contribution is 0.574. The average Bonchev–Trinajstić information content (AvgIpc) is 2.71. The van der Waals surface area contributed by atoms with E-state index in [2.05, 4.69) is 20.4 Å². The largest absolute Gasteiger partial charge is 0.358 e. The molecule has 1 unspecified atom stereocenters. The Labute approximate surface area is 94.6 Å². The van der Waals surface area contributed by atoms with Gasteiger partial charge in [-0.3, -0.25) is 0 Å². The van der Waals surface area contributed by atoms with Crippen molar-refractivity contribution in [2.24, 2.45) is 5.92 Å². The van der Waals surface area contributed by atoms with E-state index in [1.807, 2.05) is 13.1 Å². The summed E-state index contributed by atoms with van der Waals surface area (Å²) in [6.45, 7) is 3.25. The third-order valence-electron chi connectivity index (χ3n) is 2.70. The van der Waals surface area contributed by atoms with Gasteiger partial charge in [-0.25, -0.2) is 0 Å². The molecule has 1 aliphatic rings.